The number of benzene rings is 1. The number of hydrogen-bond acceptors (Lipinski definition) is 5. The molecule has 0 saturated heterocycles. The summed E-state index contributed by atoms with van der Waals surface area (Å²) < 4.78 is 5.17. The van der Waals surface area contributed by atoms with Gasteiger partial charge in [0, 0.05) is 17.4 Å². The number of aliphatic hydroxyl groups is 1. The van der Waals surface area contributed by atoms with E-state index in [1.807, 2.05) is 37.3 Å². The largest absolute Gasteiger partial charge is 0.462 e. The summed E-state index contributed by atoms with van der Waals surface area (Å²) in [5.41, 5.74) is 1.72. The Hall–Kier alpha value is -2.18. The van der Waals surface area contributed by atoms with Crippen LogP contribution >= 0.6 is 11.3 Å². The maximum Gasteiger partial charge on any atom is 0.341 e. The molecule has 0 aliphatic heterocycles. The molecule has 24 heavy (non-hydrogen) atoms. The monoisotopic (exact) mass is 347 g/mol. The van der Waals surface area contributed by atoms with Gasteiger partial charge in [-0.2, -0.15) is 0 Å². The number of amides is 1. The first-order chi connectivity index (χ1) is 11.5. The minimum absolute atomic E-state index is 0.230. The third kappa shape index (κ3) is 3.83. The number of carbonyl (C=O) groups is 2. The van der Waals surface area contributed by atoms with Crippen molar-refractivity contribution in [1.29, 1.82) is 0 Å². The van der Waals surface area contributed by atoms with E-state index in [0.717, 1.165) is 5.56 Å². The molecule has 2 N–H and O–H groups in total. The van der Waals surface area contributed by atoms with E-state index in [4.69, 9.17) is 4.74 Å². The van der Waals surface area contributed by atoms with Gasteiger partial charge < -0.3 is 15.2 Å². The van der Waals surface area contributed by atoms with E-state index in [-0.39, 0.29) is 12.5 Å². The topological polar surface area (TPSA) is 75.6 Å². The lowest BCUT2D eigenvalue weighted by Gasteiger charge is -2.11. The highest BCUT2D eigenvalue weighted by Crippen LogP contribution is 2.44. The molecule has 0 saturated carbocycles. The number of hydrogen-bond donors (Lipinski definition) is 2. The van der Waals surface area contributed by atoms with Gasteiger partial charge in [0.05, 0.1) is 12.7 Å². The quantitative estimate of drug-likeness (QED) is 0.775. The first-order valence-electron chi connectivity index (χ1n) is 7.84. The molecule has 1 aromatic heterocycles. The lowest BCUT2D eigenvalue weighted by molar-refractivity contribution is -0.114. The Morgan fingerprint density at radius 2 is 1.92 bits per heavy atom. The second kappa shape index (κ2) is 8.08. The number of carbonyl (C=O) groups excluding carboxylic acids is 2. The van der Waals surface area contributed by atoms with Crippen LogP contribution in [-0.4, -0.2) is 23.6 Å². The van der Waals surface area contributed by atoms with Crippen molar-refractivity contribution in [2.45, 2.75) is 33.3 Å². The predicted octanol–water partition coefficient (Wildman–Crippen LogP) is 3.99. The molecule has 0 aliphatic carbocycles. The Kier molecular flexibility index (Phi) is 6.11. The second-order valence-electron chi connectivity index (χ2n) is 5.24. The molecular formula is C18H21NO4S. The van der Waals surface area contributed by atoms with Gasteiger partial charge in [-0.15, -0.1) is 11.3 Å². The zero-order chi connectivity index (χ0) is 17.7. The molecule has 0 bridgehead atoms. The Morgan fingerprint density at radius 1 is 1.25 bits per heavy atom. The number of rotatable bonds is 6. The van der Waals surface area contributed by atoms with Crippen molar-refractivity contribution in [1.82, 2.24) is 0 Å². The van der Waals surface area contributed by atoms with E-state index in [1.54, 1.807) is 6.92 Å². The summed E-state index contributed by atoms with van der Waals surface area (Å²) in [6.07, 6.45) is -0.219. The van der Waals surface area contributed by atoms with Gasteiger partial charge in [-0.3, -0.25) is 4.79 Å². The summed E-state index contributed by atoms with van der Waals surface area (Å²) in [7, 11) is 0. The highest BCUT2D eigenvalue weighted by atomic mass is 32.1. The maximum absolute atomic E-state index is 12.5. The standard InChI is InChI=1S/C18H21NO4S/c1-4-13(21)16-14(12-9-7-6-8-10-12)15(18(22)23-5-2)17(24-16)19-11(3)20/h6-10,13,21H,4-5H2,1-3H3,(H,19,20). The van der Waals surface area contributed by atoms with E-state index in [9.17, 15) is 14.7 Å². The molecule has 2 rings (SSSR count). The fourth-order valence-corrected chi connectivity index (χ4v) is 3.73. The molecule has 0 aliphatic rings. The van der Waals surface area contributed by atoms with Crippen molar-refractivity contribution in [2.75, 3.05) is 11.9 Å². The van der Waals surface area contributed by atoms with Crippen molar-refractivity contribution in [3.8, 4) is 11.1 Å². The average molecular weight is 347 g/mol. The maximum atomic E-state index is 12.5. The van der Waals surface area contributed by atoms with Gasteiger partial charge in [0.25, 0.3) is 0 Å². The van der Waals surface area contributed by atoms with Gasteiger partial charge in [-0.25, -0.2) is 4.79 Å². The molecule has 128 valence electrons. The molecule has 5 nitrogen and oxygen atoms in total. The lowest BCUT2D eigenvalue weighted by Crippen LogP contribution is -2.11. The highest BCUT2D eigenvalue weighted by Gasteiger charge is 2.28. The number of aliphatic hydroxyl groups excluding tert-OH is 1. The van der Waals surface area contributed by atoms with Crippen molar-refractivity contribution in [3.05, 3.63) is 40.8 Å². The van der Waals surface area contributed by atoms with Crippen LogP contribution in [0.5, 0.6) is 0 Å². The SMILES string of the molecule is CCOC(=O)c1c(NC(C)=O)sc(C(O)CC)c1-c1ccccc1. The normalized spacial score (nSPS) is 11.8. The minimum Gasteiger partial charge on any atom is -0.462 e. The van der Waals surface area contributed by atoms with Crippen molar-refractivity contribution >= 4 is 28.2 Å². The zero-order valence-corrected chi connectivity index (χ0v) is 14.8. The van der Waals surface area contributed by atoms with Crippen molar-refractivity contribution < 1.29 is 19.4 Å². The van der Waals surface area contributed by atoms with Gasteiger partial charge in [0.2, 0.25) is 5.91 Å². The van der Waals surface area contributed by atoms with Gasteiger partial charge in [0.1, 0.15) is 10.6 Å². The fourth-order valence-electron chi connectivity index (χ4n) is 2.41. The van der Waals surface area contributed by atoms with Gasteiger partial charge in [-0.05, 0) is 18.9 Å². The molecule has 1 atom stereocenters. The summed E-state index contributed by atoms with van der Waals surface area (Å²) in [5, 5.41) is 13.5. The third-order valence-electron chi connectivity index (χ3n) is 3.46. The molecule has 0 spiro atoms. The number of thiophene rings is 1. The number of nitrogens with one attached hydrogen (secondary N) is 1. The van der Waals surface area contributed by atoms with Crippen LogP contribution in [0.3, 0.4) is 0 Å². The number of anilines is 1. The van der Waals surface area contributed by atoms with E-state index in [2.05, 4.69) is 5.32 Å². The van der Waals surface area contributed by atoms with E-state index in [1.165, 1.54) is 18.3 Å². The summed E-state index contributed by atoms with van der Waals surface area (Å²) in [6.45, 7) is 5.20. The Balaban J connectivity index is 2.72. The van der Waals surface area contributed by atoms with Crippen LogP contribution in [0.2, 0.25) is 0 Å². The van der Waals surface area contributed by atoms with Crippen LogP contribution in [0.1, 0.15) is 48.5 Å². The minimum atomic E-state index is -0.721. The van der Waals surface area contributed by atoms with Gasteiger partial charge >= 0.3 is 5.97 Å². The average Bonchev–Trinajstić information content (AvgIpc) is 2.93. The molecular weight excluding hydrogens is 326 g/mol. The summed E-state index contributed by atoms with van der Waals surface area (Å²) in [6, 6.07) is 9.34. The van der Waals surface area contributed by atoms with Crippen molar-refractivity contribution in [2.24, 2.45) is 0 Å². The third-order valence-corrected chi connectivity index (χ3v) is 4.66. The molecule has 2 aromatic rings. The fraction of sp³-hybridized carbons (Fsp3) is 0.333. The van der Waals surface area contributed by atoms with Gasteiger partial charge in [0.15, 0.2) is 0 Å². The second-order valence-corrected chi connectivity index (χ2v) is 6.29. The molecule has 1 heterocycles. The Labute approximate surface area is 145 Å². The molecule has 1 aromatic carbocycles. The van der Waals surface area contributed by atoms with Crippen LogP contribution in [0.15, 0.2) is 30.3 Å². The molecule has 0 fully saturated rings. The van der Waals surface area contributed by atoms with E-state index < -0.39 is 12.1 Å². The highest BCUT2D eigenvalue weighted by molar-refractivity contribution is 7.17. The van der Waals surface area contributed by atoms with Crippen molar-refractivity contribution in [3.63, 3.8) is 0 Å². The van der Waals surface area contributed by atoms with E-state index >= 15 is 0 Å². The molecule has 6 heteroatoms. The summed E-state index contributed by atoms with van der Waals surface area (Å²) in [4.78, 5) is 24.7. The number of ether oxygens (including phenoxy) is 1. The smallest absolute Gasteiger partial charge is 0.341 e. The summed E-state index contributed by atoms with van der Waals surface area (Å²) >= 11 is 1.21. The first-order valence-corrected chi connectivity index (χ1v) is 8.66. The van der Waals surface area contributed by atoms with Crippen LogP contribution in [0, 0.1) is 0 Å². The molecule has 1 amide bonds. The summed E-state index contributed by atoms with van der Waals surface area (Å²) in [5.74, 6) is -0.787. The Morgan fingerprint density at radius 3 is 2.46 bits per heavy atom. The van der Waals surface area contributed by atoms with Crippen LogP contribution in [0.25, 0.3) is 11.1 Å². The van der Waals surface area contributed by atoms with Crippen LogP contribution in [0.4, 0.5) is 5.00 Å². The lowest BCUT2D eigenvalue weighted by atomic mass is 9.98. The van der Waals surface area contributed by atoms with E-state index in [0.29, 0.717) is 27.4 Å². The number of esters is 1. The first kappa shape index (κ1) is 18.2. The van der Waals surface area contributed by atoms with Crippen LogP contribution in [-0.2, 0) is 9.53 Å². The zero-order valence-electron chi connectivity index (χ0n) is 14.0. The van der Waals surface area contributed by atoms with Gasteiger partial charge in [-0.1, -0.05) is 37.3 Å². The molecule has 1 unspecified atom stereocenters. The predicted molar refractivity (Wildman–Crippen MR) is 95.3 cm³/mol. The van der Waals surface area contributed by atoms with Crippen LogP contribution < -0.4 is 5.32 Å². The Bertz CT molecular complexity index is 724. The molecule has 0 radical (unpaired) electrons.